The van der Waals surface area contributed by atoms with E-state index >= 15 is 0 Å². The average molecular weight is 348 g/mol. The lowest BCUT2D eigenvalue weighted by atomic mass is 10.1. The molecule has 0 aliphatic carbocycles. The Morgan fingerprint density at radius 2 is 1.84 bits per heavy atom. The molecule has 0 atom stereocenters. The summed E-state index contributed by atoms with van der Waals surface area (Å²) in [5.41, 5.74) is 2.08. The van der Waals surface area contributed by atoms with Crippen molar-refractivity contribution >= 4 is 5.91 Å². The van der Waals surface area contributed by atoms with Gasteiger partial charge in [-0.1, -0.05) is 37.6 Å². The van der Waals surface area contributed by atoms with Gasteiger partial charge in [-0.2, -0.15) is 5.10 Å². The highest BCUT2D eigenvalue weighted by molar-refractivity contribution is 5.91. The van der Waals surface area contributed by atoms with E-state index in [2.05, 4.69) is 17.0 Å². The minimum absolute atomic E-state index is 0.0414. The van der Waals surface area contributed by atoms with E-state index in [1.165, 1.54) is 15.1 Å². The fourth-order valence-corrected chi connectivity index (χ4v) is 2.98. The van der Waals surface area contributed by atoms with Gasteiger partial charge in [0.25, 0.3) is 11.8 Å². The SMILES string of the molecule is CCCc1ccc(-c2nc(C(=O)N3CCC(F)(F)CC3)n(C)n2)cc1. The molecule has 134 valence electrons. The van der Waals surface area contributed by atoms with Gasteiger partial charge < -0.3 is 4.90 Å². The van der Waals surface area contributed by atoms with Crippen molar-refractivity contribution in [3.8, 4) is 11.4 Å². The van der Waals surface area contributed by atoms with Crippen LogP contribution >= 0.6 is 0 Å². The van der Waals surface area contributed by atoms with Crippen molar-refractivity contribution in [1.29, 1.82) is 0 Å². The number of halogens is 2. The third kappa shape index (κ3) is 3.86. The van der Waals surface area contributed by atoms with Gasteiger partial charge in [0.05, 0.1) is 0 Å². The predicted octanol–water partition coefficient (Wildman–Crippen LogP) is 3.31. The molecule has 0 bridgehead atoms. The van der Waals surface area contributed by atoms with Crippen LogP contribution in [0.5, 0.6) is 0 Å². The topological polar surface area (TPSA) is 51.0 Å². The highest BCUT2D eigenvalue weighted by atomic mass is 19.3. The highest BCUT2D eigenvalue weighted by Gasteiger charge is 2.36. The summed E-state index contributed by atoms with van der Waals surface area (Å²) in [7, 11) is 1.65. The molecule has 0 saturated carbocycles. The molecule has 25 heavy (non-hydrogen) atoms. The smallest absolute Gasteiger partial charge is 0.291 e. The number of aryl methyl sites for hydroxylation is 2. The minimum atomic E-state index is -2.68. The van der Waals surface area contributed by atoms with Gasteiger partial charge >= 0.3 is 0 Å². The van der Waals surface area contributed by atoms with Crippen molar-refractivity contribution in [2.75, 3.05) is 13.1 Å². The first kappa shape index (κ1) is 17.5. The highest BCUT2D eigenvalue weighted by Crippen LogP contribution is 2.28. The fourth-order valence-electron chi connectivity index (χ4n) is 2.98. The summed E-state index contributed by atoms with van der Waals surface area (Å²) in [5, 5.41) is 4.31. The zero-order chi connectivity index (χ0) is 18.0. The Kier molecular flexibility index (Phi) is 4.83. The molecule has 1 amide bonds. The molecule has 1 aliphatic rings. The maximum absolute atomic E-state index is 13.3. The van der Waals surface area contributed by atoms with E-state index in [-0.39, 0.29) is 37.7 Å². The molecule has 7 heteroatoms. The summed E-state index contributed by atoms with van der Waals surface area (Å²) in [4.78, 5) is 18.3. The van der Waals surface area contributed by atoms with Crippen LogP contribution in [0.25, 0.3) is 11.4 Å². The summed E-state index contributed by atoms with van der Waals surface area (Å²) in [5.74, 6) is -2.38. The Morgan fingerprint density at radius 3 is 2.44 bits per heavy atom. The molecule has 1 saturated heterocycles. The molecule has 1 fully saturated rings. The van der Waals surface area contributed by atoms with Crippen LogP contribution in [0.15, 0.2) is 24.3 Å². The molecule has 5 nitrogen and oxygen atoms in total. The van der Waals surface area contributed by atoms with Crippen molar-refractivity contribution in [2.24, 2.45) is 7.05 Å². The van der Waals surface area contributed by atoms with Crippen LogP contribution in [-0.2, 0) is 13.5 Å². The summed E-state index contributed by atoms with van der Waals surface area (Å²) in [6.45, 7) is 2.21. The second-order valence-corrected chi connectivity index (χ2v) is 6.48. The Bertz CT molecular complexity index is 745. The predicted molar refractivity (Wildman–Crippen MR) is 90.5 cm³/mol. The number of alkyl halides is 2. The second-order valence-electron chi connectivity index (χ2n) is 6.48. The van der Waals surface area contributed by atoms with Gasteiger partial charge in [0.2, 0.25) is 5.82 Å². The minimum Gasteiger partial charge on any atom is -0.335 e. The van der Waals surface area contributed by atoms with Crippen LogP contribution in [-0.4, -0.2) is 44.6 Å². The number of amides is 1. The third-order valence-corrected chi connectivity index (χ3v) is 4.49. The molecule has 1 aromatic heterocycles. The number of rotatable bonds is 4. The van der Waals surface area contributed by atoms with Crippen molar-refractivity contribution in [2.45, 2.75) is 38.5 Å². The monoisotopic (exact) mass is 348 g/mol. The number of hydrogen-bond acceptors (Lipinski definition) is 3. The van der Waals surface area contributed by atoms with E-state index in [0.29, 0.717) is 5.82 Å². The molecule has 2 heterocycles. The molecule has 0 spiro atoms. The zero-order valence-corrected chi connectivity index (χ0v) is 14.5. The molecular formula is C18H22F2N4O. The Morgan fingerprint density at radius 1 is 1.20 bits per heavy atom. The molecule has 1 aliphatic heterocycles. The number of nitrogens with zero attached hydrogens (tertiary/aromatic N) is 4. The zero-order valence-electron chi connectivity index (χ0n) is 14.5. The Labute approximate surface area is 145 Å². The van der Waals surface area contributed by atoms with Gasteiger partial charge in [-0.15, -0.1) is 0 Å². The maximum atomic E-state index is 13.3. The van der Waals surface area contributed by atoms with Gasteiger partial charge in [-0.25, -0.2) is 18.4 Å². The van der Waals surface area contributed by atoms with Crippen LogP contribution in [0.4, 0.5) is 8.78 Å². The summed E-state index contributed by atoms with van der Waals surface area (Å²) in [6, 6.07) is 7.94. The van der Waals surface area contributed by atoms with Crippen LogP contribution < -0.4 is 0 Å². The number of carbonyl (C=O) groups is 1. The summed E-state index contributed by atoms with van der Waals surface area (Å²) >= 11 is 0. The van der Waals surface area contributed by atoms with Crippen molar-refractivity contribution < 1.29 is 13.6 Å². The largest absolute Gasteiger partial charge is 0.335 e. The van der Waals surface area contributed by atoms with E-state index in [0.717, 1.165) is 18.4 Å². The van der Waals surface area contributed by atoms with Gasteiger partial charge in [0.1, 0.15) is 0 Å². The van der Waals surface area contributed by atoms with E-state index in [1.54, 1.807) is 7.05 Å². The van der Waals surface area contributed by atoms with Crippen molar-refractivity contribution in [3.63, 3.8) is 0 Å². The lowest BCUT2D eigenvalue weighted by Gasteiger charge is -2.31. The van der Waals surface area contributed by atoms with Gasteiger partial charge in [0.15, 0.2) is 5.82 Å². The second kappa shape index (κ2) is 6.90. The Hall–Kier alpha value is -2.31. The molecule has 0 N–H and O–H groups in total. The van der Waals surface area contributed by atoms with Crippen molar-refractivity contribution in [1.82, 2.24) is 19.7 Å². The number of piperidine rings is 1. The van der Waals surface area contributed by atoms with Crippen LogP contribution in [0.2, 0.25) is 0 Å². The molecule has 2 aromatic rings. The number of likely N-dealkylation sites (tertiary alicyclic amines) is 1. The number of hydrogen-bond donors (Lipinski definition) is 0. The Balaban J connectivity index is 1.77. The summed E-state index contributed by atoms with van der Waals surface area (Å²) in [6.07, 6.45) is 1.48. The lowest BCUT2D eigenvalue weighted by molar-refractivity contribution is -0.0496. The maximum Gasteiger partial charge on any atom is 0.291 e. The molecule has 1 aromatic carbocycles. The summed E-state index contributed by atoms with van der Waals surface area (Å²) < 4.78 is 28.0. The first-order valence-electron chi connectivity index (χ1n) is 8.57. The number of benzene rings is 1. The van der Waals surface area contributed by atoms with Crippen LogP contribution in [0, 0.1) is 0 Å². The van der Waals surface area contributed by atoms with Gasteiger partial charge in [-0.05, 0) is 12.0 Å². The fraction of sp³-hybridized carbons (Fsp3) is 0.500. The number of carbonyl (C=O) groups excluding carboxylic acids is 1. The number of aromatic nitrogens is 3. The van der Waals surface area contributed by atoms with E-state index in [1.807, 2.05) is 24.3 Å². The van der Waals surface area contributed by atoms with E-state index in [4.69, 9.17) is 0 Å². The van der Waals surface area contributed by atoms with Gasteiger partial charge in [0, 0.05) is 38.5 Å². The first-order chi connectivity index (χ1) is 11.9. The average Bonchev–Trinajstić information content (AvgIpc) is 2.97. The van der Waals surface area contributed by atoms with E-state index in [9.17, 15) is 13.6 Å². The van der Waals surface area contributed by atoms with Gasteiger partial charge in [-0.3, -0.25) is 4.79 Å². The van der Waals surface area contributed by atoms with Crippen LogP contribution in [0.3, 0.4) is 0 Å². The molecule has 0 unspecified atom stereocenters. The normalized spacial score (nSPS) is 16.9. The molecular weight excluding hydrogens is 326 g/mol. The standard InChI is InChI=1S/C18H22F2N4O/c1-3-4-13-5-7-14(8-6-13)15-21-16(23(2)22-15)17(25)24-11-9-18(19,20)10-12-24/h5-8H,3-4,9-12H2,1-2H3. The lowest BCUT2D eigenvalue weighted by Crippen LogP contribution is -2.43. The van der Waals surface area contributed by atoms with Crippen LogP contribution in [0.1, 0.15) is 42.4 Å². The van der Waals surface area contributed by atoms with Crippen molar-refractivity contribution in [3.05, 3.63) is 35.7 Å². The third-order valence-electron chi connectivity index (χ3n) is 4.49. The molecule has 3 rings (SSSR count). The van der Waals surface area contributed by atoms with E-state index < -0.39 is 5.92 Å². The molecule has 0 radical (unpaired) electrons. The quantitative estimate of drug-likeness (QED) is 0.852. The first-order valence-corrected chi connectivity index (χ1v) is 8.57.